The van der Waals surface area contributed by atoms with Gasteiger partial charge in [0.1, 0.15) is 5.00 Å². The van der Waals surface area contributed by atoms with Crippen LogP contribution in [0.25, 0.3) is 21.5 Å². The maximum absolute atomic E-state index is 13.7. The van der Waals surface area contributed by atoms with E-state index in [0.29, 0.717) is 28.7 Å². The Hall–Kier alpha value is -3.03. The Morgan fingerprint density at radius 1 is 1.17 bits per heavy atom. The second-order valence-corrected chi connectivity index (χ2v) is 11.5. The molecule has 3 aromatic heterocycles. The van der Waals surface area contributed by atoms with E-state index in [9.17, 15) is 9.59 Å². The normalized spacial score (nSPS) is 15.1. The van der Waals surface area contributed by atoms with Crippen LogP contribution in [0, 0.1) is 12.8 Å². The Morgan fingerprint density at radius 3 is 2.77 bits per heavy atom. The lowest BCUT2D eigenvalue weighted by molar-refractivity contribution is 0.0505. The lowest BCUT2D eigenvalue weighted by atomic mass is 9.88. The number of para-hydroxylation sites is 1. The predicted octanol–water partition coefficient (Wildman–Crippen LogP) is 7.28. The highest BCUT2D eigenvalue weighted by atomic mass is 32.1. The molecule has 180 valence electrons. The van der Waals surface area contributed by atoms with E-state index in [1.807, 2.05) is 43.3 Å². The highest BCUT2D eigenvalue weighted by Gasteiger charge is 2.29. The van der Waals surface area contributed by atoms with Gasteiger partial charge in [0, 0.05) is 15.1 Å². The molecule has 0 aliphatic heterocycles. The molecule has 1 atom stereocenters. The number of rotatable bonds is 6. The Labute approximate surface area is 213 Å². The molecule has 5 rings (SSSR count). The largest absolute Gasteiger partial charge is 0.462 e. The van der Waals surface area contributed by atoms with Crippen molar-refractivity contribution in [2.24, 2.45) is 5.92 Å². The van der Waals surface area contributed by atoms with Crippen LogP contribution in [0.4, 0.5) is 5.00 Å². The molecule has 0 spiro atoms. The molecule has 0 saturated carbocycles. The fraction of sp³-hybridized carbons (Fsp3) is 0.321. The van der Waals surface area contributed by atoms with Crippen molar-refractivity contribution in [3.8, 4) is 10.6 Å². The number of nitrogens with zero attached hydrogens (tertiary/aromatic N) is 1. The summed E-state index contributed by atoms with van der Waals surface area (Å²) in [4.78, 5) is 34.9. The molecule has 4 aromatic rings. The lowest BCUT2D eigenvalue weighted by Gasteiger charge is -2.18. The van der Waals surface area contributed by atoms with Gasteiger partial charge in [-0.1, -0.05) is 32.0 Å². The second kappa shape index (κ2) is 9.91. The van der Waals surface area contributed by atoms with Crippen LogP contribution < -0.4 is 5.32 Å². The summed E-state index contributed by atoms with van der Waals surface area (Å²) >= 11 is 3.17. The number of hydrogen-bond acceptors (Lipinski definition) is 6. The number of hydrogen-bond donors (Lipinski definition) is 1. The summed E-state index contributed by atoms with van der Waals surface area (Å²) in [6.07, 6.45) is 3.54. The van der Waals surface area contributed by atoms with Crippen LogP contribution in [-0.2, 0) is 17.6 Å². The molecule has 0 fully saturated rings. The number of esters is 1. The minimum atomic E-state index is -0.344. The van der Waals surface area contributed by atoms with Gasteiger partial charge in [0.05, 0.1) is 33.8 Å². The van der Waals surface area contributed by atoms with E-state index in [0.717, 1.165) is 52.7 Å². The summed E-state index contributed by atoms with van der Waals surface area (Å²) in [5, 5.41) is 4.46. The van der Waals surface area contributed by atoms with Crippen LogP contribution >= 0.6 is 22.7 Å². The number of fused-ring (bicyclic) bond motifs is 2. The number of pyridine rings is 1. The Balaban J connectivity index is 1.56. The van der Waals surface area contributed by atoms with Gasteiger partial charge in [-0.25, -0.2) is 9.78 Å². The van der Waals surface area contributed by atoms with Crippen molar-refractivity contribution >= 4 is 50.5 Å². The summed E-state index contributed by atoms with van der Waals surface area (Å²) in [6.45, 7) is 6.63. The summed E-state index contributed by atoms with van der Waals surface area (Å²) in [6, 6.07) is 13.6. The van der Waals surface area contributed by atoms with E-state index < -0.39 is 0 Å². The van der Waals surface area contributed by atoms with E-state index in [1.165, 1.54) is 21.1 Å². The fourth-order valence-electron chi connectivity index (χ4n) is 4.55. The maximum Gasteiger partial charge on any atom is 0.341 e. The average molecular weight is 505 g/mol. The van der Waals surface area contributed by atoms with Crippen molar-refractivity contribution < 1.29 is 14.3 Å². The number of aromatic nitrogens is 1. The van der Waals surface area contributed by atoms with Crippen molar-refractivity contribution in [3.63, 3.8) is 0 Å². The van der Waals surface area contributed by atoms with Crippen molar-refractivity contribution in [1.82, 2.24) is 4.98 Å². The van der Waals surface area contributed by atoms with Crippen LogP contribution in [0.5, 0.6) is 0 Å². The molecule has 1 N–H and O–H groups in total. The van der Waals surface area contributed by atoms with Gasteiger partial charge in [-0.3, -0.25) is 4.79 Å². The van der Waals surface area contributed by atoms with Gasteiger partial charge in [-0.15, -0.1) is 22.7 Å². The number of ether oxygens (including phenoxy) is 1. The molecule has 1 aliphatic rings. The molecule has 0 unspecified atom stereocenters. The highest BCUT2D eigenvalue weighted by Crippen LogP contribution is 2.40. The van der Waals surface area contributed by atoms with Crippen molar-refractivity contribution in [2.75, 3.05) is 11.9 Å². The topological polar surface area (TPSA) is 68.3 Å². The number of nitrogens with one attached hydrogen (secondary N) is 1. The Bertz CT molecular complexity index is 1420. The zero-order chi connectivity index (χ0) is 24.5. The number of amides is 1. The first-order valence-electron chi connectivity index (χ1n) is 12.0. The molecule has 3 heterocycles. The van der Waals surface area contributed by atoms with Crippen LogP contribution in [0.1, 0.15) is 62.7 Å². The molecule has 0 radical (unpaired) electrons. The molecular weight excluding hydrogens is 476 g/mol. The smallest absolute Gasteiger partial charge is 0.341 e. The van der Waals surface area contributed by atoms with Crippen molar-refractivity contribution in [2.45, 2.75) is 46.5 Å². The SMILES string of the molecule is CCCOC(=O)c1c(NC(=O)c2cc(-c3ccc(C)s3)nc3ccccc23)sc2c1CC[C@H](C)C2. The number of carbonyl (C=O) groups excluding carboxylic acids is 2. The van der Waals surface area contributed by atoms with Gasteiger partial charge in [-0.05, 0) is 68.4 Å². The van der Waals surface area contributed by atoms with E-state index in [4.69, 9.17) is 9.72 Å². The standard InChI is InChI=1S/C28H28N2O3S2/c1-4-13-33-28(32)25-19-11-9-16(2)14-24(19)35-27(25)30-26(31)20-15-22(23-12-10-17(3)34-23)29-21-8-6-5-7-18(20)21/h5-8,10,12,15-16H,4,9,11,13-14H2,1-3H3,(H,30,31)/t16-/m0/s1. The van der Waals surface area contributed by atoms with Crippen molar-refractivity contribution in [3.05, 3.63) is 68.9 Å². The molecule has 35 heavy (non-hydrogen) atoms. The van der Waals surface area contributed by atoms with Crippen LogP contribution in [0.3, 0.4) is 0 Å². The first kappa shape index (κ1) is 23.7. The second-order valence-electron chi connectivity index (χ2n) is 9.13. The summed E-state index contributed by atoms with van der Waals surface area (Å²) in [5.74, 6) is -0.0250. The Morgan fingerprint density at radius 2 is 2.00 bits per heavy atom. The molecule has 1 amide bonds. The fourth-order valence-corrected chi connectivity index (χ4v) is 6.78. The summed E-state index contributed by atoms with van der Waals surface area (Å²) < 4.78 is 5.51. The zero-order valence-corrected chi connectivity index (χ0v) is 21.8. The number of benzene rings is 1. The Kier molecular flexibility index (Phi) is 6.71. The molecule has 1 aliphatic carbocycles. The molecule has 7 heteroatoms. The molecule has 1 aromatic carbocycles. The third kappa shape index (κ3) is 4.75. The number of carbonyl (C=O) groups is 2. The van der Waals surface area contributed by atoms with E-state index >= 15 is 0 Å². The number of thiophene rings is 2. The van der Waals surface area contributed by atoms with E-state index in [2.05, 4.69) is 25.2 Å². The molecule has 0 bridgehead atoms. The van der Waals surface area contributed by atoms with Crippen LogP contribution in [0.2, 0.25) is 0 Å². The minimum absolute atomic E-state index is 0.241. The third-order valence-corrected chi connectivity index (χ3v) is 8.53. The summed E-state index contributed by atoms with van der Waals surface area (Å²) in [7, 11) is 0. The number of aryl methyl sites for hydroxylation is 1. The molecule has 0 saturated heterocycles. The van der Waals surface area contributed by atoms with Gasteiger partial charge in [0.2, 0.25) is 0 Å². The van der Waals surface area contributed by atoms with Gasteiger partial charge in [-0.2, -0.15) is 0 Å². The zero-order valence-electron chi connectivity index (χ0n) is 20.1. The van der Waals surface area contributed by atoms with Gasteiger partial charge < -0.3 is 10.1 Å². The quantitative estimate of drug-likeness (QED) is 0.280. The minimum Gasteiger partial charge on any atom is -0.462 e. The van der Waals surface area contributed by atoms with Gasteiger partial charge in [0.25, 0.3) is 5.91 Å². The monoisotopic (exact) mass is 504 g/mol. The first-order chi connectivity index (χ1) is 16.9. The molecule has 5 nitrogen and oxygen atoms in total. The lowest BCUT2D eigenvalue weighted by Crippen LogP contribution is -2.17. The van der Waals surface area contributed by atoms with Gasteiger partial charge in [0.15, 0.2) is 0 Å². The number of anilines is 1. The van der Waals surface area contributed by atoms with Crippen LogP contribution in [0.15, 0.2) is 42.5 Å². The summed E-state index contributed by atoms with van der Waals surface area (Å²) in [5.41, 5.74) is 3.66. The van der Waals surface area contributed by atoms with E-state index in [1.54, 1.807) is 11.3 Å². The van der Waals surface area contributed by atoms with Crippen molar-refractivity contribution in [1.29, 1.82) is 0 Å². The maximum atomic E-state index is 13.7. The highest BCUT2D eigenvalue weighted by molar-refractivity contribution is 7.17. The molecular formula is C28H28N2O3S2. The van der Waals surface area contributed by atoms with E-state index in [-0.39, 0.29) is 11.9 Å². The average Bonchev–Trinajstić information content (AvgIpc) is 3.44. The van der Waals surface area contributed by atoms with Gasteiger partial charge >= 0.3 is 5.97 Å². The van der Waals surface area contributed by atoms with Crippen LogP contribution in [-0.4, -0.2) is 23.5 Å². The predicted molar refractivity (Wildman–Crippen MR) is 144 cm³/mol. The third-order valence-electron chi connectivity index (χ3n) is 6.33. The first-order valence-corrected chi connectivity index (χ1v) is 13.7.